The van der Waals surface area contributed by atoms with Gasteiger partial charge in [0.25, 0.3) is 0 Å². The number of nitrogens with one attached hydrogen (secondary N) is 4. The lowest BCUT2D eigenvalue weighted by Gasteiger charge is -2.20. The summed E-state index contributed by atoms with van der Waals surface area (Å²) in [6.07, 6.45) is 2.19. The Labute approximate surface area is 156 Å². The molecule has 0 saturated heterocycles. The van der Waals surface area contributed by atoms with Crippen LogP contribution in [0.25, 0.3) is 0 Å². The molecule has 0 fully saturated rings. The number of aromatic nitrogens is 1. The lowest BCUT2D eigenvalue weighted by atomic mass is 10.2. The predicted octanol–water partition coefficient (Wildman–Crippen LogP) is 4.83. The van der Waals surface area contributed by atoms with Crippen LogP contribution in [0, 0.1) is 6.92 Å². The van der Waals surface area contributed by atoms with E-state index in [2.05, 4.69) is 52.2 Å². The molecule has 0 radical (unpaired) electrons. The Kier molecular flexibility index (Phi) is 6.95. The molecule has 0 aliphatic carbocycles. The van der Waals surface area contributed by atoms with Gasteiger partial charge >= 0.3 is 0 Å². The molecule has 6 heteroatoms. The highest BCUT2D eigenvalue weighted by molar-refractivity contribution is 5.89. The molecule has 0 unspecified atom stereocenters. The minimum absolute atomic E-state index is 0.223. The van der Waals surface area contributed by atoms with Crippen LogP contribution in [0.2, 0.25) is 0 Å². The molecular formula is C20H31N5O. The molecule has 1 heterocycles. The van der Waals surface area contributed by atoms with Gasteiger partial charge in [-0.1, -0.05) is 13.8 Å². The smallest absolute Gasteiger partial charge is 0.134 e. The van der Waals surface area contributed by atoms with Gasteiger partial charge in [-0.15, -0.1) is 0 Å². The predicted molar refractivity (Wildman–Crippen MR) is 112 cm³/mol. The number of benzene rings is 1. The maximum Gasteiger partial charge on any atom is 0.134 e. The Morgan fingerprint density at radius 1 is 0.923 bits per heavy atom. The Hall–Kier alpha value is -2.63. The van der Waals surface area contributed by atoms with Crippen LogP contribution in [0.5, 0.6) is 5.75 Å². The summed E-state index contributed by atoms with van der Waals surface area (Å²) >= 11 is 0. The monoisotopic (exact) mass is 357 g/mol. The van der Waals surface area contributed by atoms with E-state index < -0.39 is 0 Å². The molecule has 0 bridgehead atoms. The summed E-state index contributed by atoms with van der Waals surface area (Å²) in [5.41, 5.74) is 4.85. The van der Waals surface area contributed by atoms with E-state index in [-0.39, 0.29) is 6.10 Å². The van der Waals surface area contributed by atoms with Gasteiger partial charge in [0, 0.05) is 44.7 Å². The summed E-state index contributed by atoms with van der Waals surface area (Å²) in [7, 11) is 5.72. The molecule has 0 spiro atoms. The highest BCUT2D eigenvalue weighted by Crippen LogP contribution is 2.36. The van der Waals surface area contributed by atoms with E-state index in [9.17, 15) is 0 Å². The van der Waals surface area contributed by atoms with Crippen LogP contribution in [0.4, 0.5) is 28.6 Å². The molecule has 142 valence electrons. The number of hydrogen-bond acceptors (Lipinski definition) is 6. The molecule has 1 aromatic heterocycles. The zero-order chi connectivity index (χ0) is 19.1. The van der Waals surface area contributed by atoms with E-state index in [1.807, 2.05) is 40.2 Å². The Balaban J connectivity index is 2.37. The lowest BCUT2D eigenvalue weighted by molar-refractivity contribution is 0.192. The van der Waals surface area contributed by atoms with Crippen molar-refractivity contribution < 1.29 is 4.74 Å². The van der Waals surface area contributed by atoms with Crippen molar-refractivity contribution in [1.82, 2.24) is 4.98 Å². The second-order valence-corrected chi connectivity index (χ2v) is 6.21. The van der Waals surface area contributed by atoms with Crippen molar-refractivity contribution in [3.63, 3.8) is 0 Å². The molecule has 6 nitrogen and oxygen atoms in total. The van der Waals surface area contributed by atoms with Crippen LogP contribution in [-0.2, 0) is 0 Å². The normalized spacial score (nSPS) is 10.6. The van der Waals surface area contributed by atoms with Gasteiger partial charge in [0.2, 0.25) is 0 Å². The van der Waals surface area contributed by atoms with E-state index in [1.165, 1.54) is 0 Å². The van der Waals surface area contributed by atoms with Crippen LogP contribution in [-0.4, -0.2) is 32.2 Å². The average molecular weight is 358 g/mol. The maximum atomic E-state index is 6.10. The van der Waals surface area contributed by atoms with Crippen LogP contribution < -0.4 is 26.0 Å². The van der Waals surface area contributed by atoms with Gasteiger partial charge in [0.1, 0.15) is 11.6 Å². The second kappa shape index (κ2) is 9.17. The van der Waals surface area contributed by atoms with Gasteiger partial charge in [-0.3, -0.25) is 0 Å². The van der Waals surface area contributed by atoms with Crippen molar-refractivity contribution in [2.45, 2.75) is 39.7 Å². The fourth-order valence-electron chi connectivity index (χ4n) is 2.86. The number of pyridine rings is 1. The minimum atomic E-state index is 0.223. The number of ether oxygens (including phenoxy) is 1. The van der Waals surface area contributed by atoms with Gasteiger partial charge in [0.05, 0.1) is 23.2 Å². The number of rotatable bonds is 9. The molecule has 1 aromatic carbocycles. The molecule has 2 rings (SSSR count). The van der Waals surface area contributed by atoms with Crippen molar-refractivity contribution in [3.05, 3.63) is 30.0 Å². The van der Waals surface area contributed by atoms with Crippen LogP contribution in [0.15, 0.2) is 24.3 Å². The van der Waals surface area contributed by atoms with Crippen molar-refractivity contribution >= 4 is 28.6 Å². The molecule has 0 atom stereocenters. The minimum Gasteiger partial charge on any atom is -0.490 e. The Morgan fingerprint density at radius 2 is 1.54 bits per heavy atom. The first-order valence-corrected chi connectivity index (χ1v) is 9.18. The highest BCUT2D eigenvalue weighted by atomic mass is 16.5. The number of aryl methyl sites for hydroxylation is 1. The van der Waals surface area contributed by atoms with Crippen molar-refractivity contribution in [3.8, 4) is 5.75 Å². The quantitative estimate of drug-likeness (QED) is 0.515. The van der Waals surface area contributed by atoms with Gasteiger partial charge in [-0.2, -0.15) is 0 Å². The SMILES string of the molecule is CCC(CC)Oc1cc(C)nc(Nc2c(NC)cc(NC)cc2NC)c1. The zero-order valence-electron chi connectivity index (χ0n) is 16.7. The summed E-state index contributed by atoms with van der Waals surface area (Å²) in [5, 5.41) is 13.1. The summed E-state index contributed by atoms with van der Waals surface area (Å²) < 4.78 is 6.10. The van der Waals surface area contributed by atoms with Crippen LogP contribution in [0.3, 0.4) is 0 Å². The van der Waals surface area contributed by atoms with Gasteiger partial charge in [0.15, 0.2) is 0 Å². The molecule has 26 heavy (non-hydrogen) atoms. The summed E-state index contributed by atoms with van der Waals surface area (Å²) in [6, 6.07) is 8.04. The van der Waals surface area contributed by atoms with E-state index in [0.717, 1.165) is 52.9 Å². The van der Waals surface area contributed by atoms with E-state index in [4.69, 9.17) is 4.74 Å². The third-order valence-corrected chi connectivity index (χ3v) is 4.36. The van der Waals surface area contributed by atoms with Gasteiger partial charge in [-0.05, 0) is 31.9 Å². The largest absolute Gasteiger partial charge is 0.490 e. The van der Waals surface area contributed by atoms with Crippen molar-refractivity contribution in [1.29, 1.82) is 0 Å². The third-order valence-electron chi connectivity index (χ3n) is 4.36. The number of anilines is 5. The fourth-order valence-corrected chi connectivity index (χ4v) is 2.86. The molecule has 0 aliphatic rings. The standard InChI is InChI=1S/C20H31N5O/c1-7-15(8-2)26-16-9-13(3)24-19(12-16)25-20-17(22-5)10-14(21-4)11-18(20)23-6/h9-12,15,21-23H,7-8H2,1-6H3,(H,24,25). The van der Waals surface area contributed by atoms with Crippen LogP contribution >= 0.6 is 0 Å². The first kappa shape index (κ1) is 19.7. The van der Waals surface area contributed by atoms with Crippen LogP contribution in [0.1, 0.15) is 32.4 Å². The molecule has 0 amide bonds. The maximum absolute atomic E-state index is 6.10. The topological polar surface area (TPSA) is 70.2 Å². The zero-order valence-corrected chi connectivity index (χ0v) is 16.7. The average Bonchev–Trinajstić information content (AvgIpc) is 2.65. The Bertz CT molecular complexity index is 703. The number of hydrogen-bond donors (Lipinski definition) is 4. The first-order valence-electron chi connectivity index (χ1n) is 9.18. The first-order chi connectivity index (χ1) is 12.5. The second-order valence-electron chi connectivity index (χ2n) is 6.21. The Morgan fingerprint density at radius 3 is 2.04 bits per heavy atom. The summed E-state index contributed by atoms with van der Waals surface area (Å²) in [4.78, 5) is 4.62. The third kappa shape index (κ3) is 4.71. The lowest BCUT2D eigenvalue weighted by Crippen LogP contribution is -2.14. The molecule has 2 aromatic rings. The van der Waals surface area contributed by atoms with Crippen molar-refractivity contribution in [2.75, 3.05) is 42.4 Å². The fraction of sp³-hybridized carbons (Fsp3) is 0.450. The van der Waals surface area contributed by atoms with E-state index in [0.29, 0.717) is 0 Å². The molecule has 0 aliphatic heterocycles. The molecule has 0 saturated carbocycles. The van der Waals surface area contributed by atoms with E-state index >= 15 is 0 Å². The van der Waals surface area contributed by atoms with Gasteiger partial charge in [-0.25, -0.2) is 4.98 Å². The van der Waals surface area contributed by atoms with Crippen molar-refractivity contribution in [2.24, 2.45) is 0 Å². The van der Waals surface area contributed by atoms with E-state index in [1.54, 1.807) is 0 Å². The highest BCUT2D eigenvalue weighted by Gasteiger charge is 2.12. The molecule has 4 N–H and O–H groups in total. The van der Waals surface area contributed by atoms with Gasteiger partial charge < -0.3 is 26.0 Å². The summed E-state index contributed by atoms with van der Waals surface area (Å²) in [5.74, 6) is 1.61. The molecular weight excluding hydrogens is 326 g/mol. The summed E-state index contributed by atoms with van der Waals surface area (Å²) in [6.45, 7) is 6.26. The number of nitrogens with zero attached hydrogens (tertiary/aromatic N) is 1.